The molecule has 0 saturated carbocycles. The molecule has 0 radical (unpaired) electrons. The van der Waals surface area contributed by atoms with E-state index in [1.54, 1.807) is 0 Å². The van der Waals surface area contributed by atoms with Gasteiger partial charge in [0.2, 0.25) is 0 Å². The van der Waals surface area contributed by atoms with Gasteiger partial charge in [0, 0.05) is 44.7 Å². The number of phenols is 1. The van der Waals surface area contributed by atoms with Gasteiger partial charge in [0.1, 0.15) is 5.75 Å². The fourth-order valence-corrected chi connectivity index (χ4v) is 5.03. The van der Waals surface area contributed by atoms with Crippen LogP contribution in [0, 0.1) is 12.8 Å². The van der Waals surface area contributed by atoms with Crippen molar-refractivity contribution in [2.24, 2.45) is 11.7 Å². The van der Waals surface area contributed by atoms with Gasteiger partial charge < -0.3 is 25.4 Å². The standard InChI is InChI=1S/C22H33N3O3/c1-15-5-6-17-18(21(15)26)13-19(28-20(17)14-23)16-7-11-25(12-8-16)22(27)24-9-3-2-4-10-24/h5-6,16,19-20,26H,2-4,7-14,23H2,1H3. The number of nitrogens with two attached hydrogens (primary N) is 1. The van der Waals surface area contributed by atoms with E-state index in [9.17, 15) is 9.90 Å². The predicted octanol–water partition coefficient (Wildman–Crippen LogP) is 2.96. The molecule has 2 amide bonds. The Kier molecular flexibility index (Phi) is 5.78. The van der Waals surface area contributed by atoms with Crippen LogP contribution in [0.3, 0.4) is 0 Å². The van der Waals surface area contributed by atoms with Crippen LogP contribution in [0.4, 0.5) is 4.79 Å². The summed E-state index contributed by atoms with van der Waals surface area (Å²) in [4.78, 5) is 16.8. The van der Waals surface area contributed by atoms with Crippen LogP contribution >= 0.6 is 0 Å². The van der Waals surface area contributed by atoms with E-state index in [2.05, 4.69) is 0 Å². The van der Waals surface area contributed by atoms with Crippen LogP contribution in [-0.2, 0) is 11.2 Å². The topological polar surface area (TPSA) is 79.0 Å². The summed E-state index contributed by atoms with van der Waals surface area (Å²) < 4.78 is 6.36. The smallest absolute Gasteiger partial charge is 0.319 e. The van der Waals surface area contributed by atoms with E-state index >= 15 is 0 Å². The summed E-state index contributed by atoms with van der Waals surface area (Å²) in [7, 11) is 0. The van der Waals surface area contributed by atoms with E-state index in [-0.39, 0.29) is 18.2 Å². The average molecular weight is 388 g/mol. The van der Waals surface area contributed by atoms with Gasteiger partial charge in [0.25, 0.3) is 0 Å². The van der Waals surface area contributed by atoms with E-state index in [1.165, 1.54) is 6.42 Å². The van der Waals surface area contributed by atoms with Crippen molar-refractivity contribution in [3.8, 4) is 5.75 Å². The summed E-state index contributed by atoms with van der Waals surface area (Å²) in [5.74, 6) is 0.787. The van der Waals surface area contributed by atoms with Crippen LogP contribution in [0.2, 0.25) is 0 Å². The number of nitrogens with zero attached hydrogens (tertiary/aromatic N) is 2. The van der Waals surface area contributed by atoms with Gasteiger partial charge >= 0.3 is 6.03 Å². The lowest BCUT2D eigenvalue weighted by molar-refractivity contribution is -0.0632. The molecule has 1 aromatic rings. The maximum absolute atomic E-state index is 12.8. The highest BCUT2D eigenvalue weighted by atomic mass is 16.5. The van der Waals surface area contributed by atoms with E-state index in [4.69, 9.17) is 10.5 Å². The quantitative estimate of drug-likeness (QED) is 0.818. The number of phenolic OH excluding ortho intramolecular Hbond substituents is 1. The van der Waals surface area contributed by atoms with Gasteiger partial charge in [-0.25, -0.2) is 4.79 Å². The molecule has 154 valence electrons. The van der Waals surface area contributed by atoms with Gasteiger partial charge in [-0.1, -0.05) is 12.1 Å². The molecule has 3 aliphatic rings. The van der Waals surface area contributed by atoms with E-state index in [0.717, 1.165) is 75.0 Å². The molecule has 6 nitrogen and oxygen atoms in total. The zero-order valence-corrected chi connectivity index (χ0v) is 16.9. The number of carbonyl (C=O) groups excluding carboxylic acids is 1. The van der Waals surface area contributed by atoms with Crippen LogP contribution in [0.1, 0.15) is 54.9 Å². The van der Waals surface area contributed by atoms with Crippen molar-refractivity contribution < 1.29 is 14.6 Å². The fraction of sp³-hybridized carbons (Fsp3) is 0.682. The molecule has 2 saturated heterocycles. The molecule has 2 atom stereocenters. The van der Waals surface area contributed by atoms with Crippen molar-refractivity contribution in [3.05, 3.63) is 28.8 Å². The van der Waals surface area contributed by atoms with Crippen LogP contribution in [0.5, 0.6) is 5.75 Å². The third-order valence-corrected chi connectivity index (χ3v) is 6.79. The number of rotatable bonds is 2. The van der Waals surface area contributed by atoms with Crippen molar-refractivity contribution in [2.75, 3.05) is 32.7 Å². The molecular formula is C22H33N3O3. The molecule has 1 aromatic carbocycles. The van der Waals surface area contributed by atoms with Crippen LogP contribution in [0.15, 0.2) is 12.1 Å². The van der Waals surface area contributed by atoms with Gasteiger partial charge in [-0.15, -0.1) is 0 Å². The van der Waals surface area contributed by atoms with Crippen molar-refractivity contribution in [3.63, 3.8) is 0 Å². The summed E-state index contributed by atoms with van der Waals surface area (Å²) in [6.45, 7) is 5.73. The first-order valence-electron chi connectivity index (χ1n) is 10.8. The Morgan fingerprint density at radius 3 is 2.50 bits per heavy atom. The SMILES string of the molecule is Cc1ccc2c(c1O)CC(C1CCN(C(=O)N3CCCCC3)CC1)OC2CN. The molecule has 3 aliphatic heterocycles. The van der Waals surface area contributed by atoms with Crippen LogP contribution in [-0.4, -0.2) is 59.8 Å². The summed E-state index contributed by atoms with van der Waals surface area (Å²) in [5, 5.41) is 10.6. The minimum absolute atomic E-state index is 0.0565. The number of ether oxygens (including phenoxy) is 1. The molecule has 3 N–H and O–H groups in total. The normalized spacial score (nSPS) is 26.2. The number of likely N-dealkylation sites (tertiary alicyclic amines) is 2. The van der Waals surface area contributed by atoms with E-state index in [1.807, 2.05) is 28.9 Å². The predicted molar refractivity (Wildman–Crippen MR) is 108 cm³/mol. The average Bonchev–Trinajstić information content (AvgIpc) is 2.76. The molecule has 3 heterocycles. The van der Waals surface area contributed by atoms with E-state index < -0.39 is 0 Å². The number of hydrogen-bond donors (Lipinski definition) is 2. The first-order valence-corrected chi connectivity index (χ1v) is 10.8. The Labute approximate surface area is 167 Å². The lowest BCUT2D eigenvalue weighted by Crippen LogP contribution is -2.50. The van der Waals surface area contributed by atoms with Gasteiger partial charge in [0.05, 0.1) is 12.2 Å². The molecule has 2 unspecified atom stereocenters. The fourth-order valence-electron chi connectivity index (χ4n) is 5.03. The molecular weight excluding hydrogens is 354 g/mol. The van der Waals surface area contributed by atoms with Crippen LogP contribution in [0.25, 0.3) is 0 Å². The maximum Gasteiger partial charge on any atom is 0.319 e. The highest BCUT2D eigenvalue weighted by Gasteiger charge is 2.36. The second-order valence-corrected chi connectivity index (χ2v) is 8.56. The highest BCUT2D eigenvalue weighted by molar-refractivity contribution is 5.74. The van der Waals surface area contributed by atoms with Gasteiger partial charge in [-0.05, 0) is 56.1 Å². The Balaban J connectivity index is 1.40. The number of piperidine rings is 2. The summed E-state index contributed by atoms with van der Waals surface area (Å²) in [5.41, 5.74) is 8.90. The number of aromatic hydroxyl groups is 1. The Morgan fingerprint density at radius 1 is 1.14 bits per heavy atom. The zero-order chi connectivity index (χ0) is 19.7. The largest absolute Gasteiger partial charge is 0.507 e. The van der Waals surface area contributed by atoms with Gasteiger partial charge in [-0.2, -0.15) is 0 Å². The third kappa shape index (κ3) is 3.72. The molecule has 0 aliphatic carbocycles. The van der Waals surface area contributed by atoms with Gasteiger partial charge in [-0.3, -0.25) is 0 Å². The molecule has 6 heteroatoms. The summed E-state index contributed by atoms with van der Waals surface area (Å²) in [6, 6.07) is 4.18. The second-order valence-electron chi connectivity index (χ2n) is 8.56. The van der Waals surface area contributed by atoms with Gasteiger partial charge in [0.15, 0.2) is 0 Å². The first kappa shape index (κ1) is 19.5. The zero-order valence-electron chi connectivity index (χ0n) is 16.9. The number of fused-ring (bicyclic) bond motifs is 1. The molecule has 2 fully saturated rings. The number of urea groups is 1. The van der Waals surface area contributed by atoms with Crippen LogP contribution < -0.4 is 5.73 Å². The minimum atomic E-state index is -0.159. The van der Waals surface area contributed by atoms with E-state index in [0.29, 0.717) is 18.2 Å². The number of hydrogen-bond acceptors (Lipinski definition) is 4. The number of benzene rings is 1. The van der Waals surface area contributed by atoms with Crippen molar-refractivity contribution in [1.82, 2.24) is 9.80 Å². The van der Waals surface area contributed by atoms with Crippen molar-refractivity contribution in [1.29, 1.82) is 0 Å². The number of carbonyl (C=O) groups is 1. The van der Waals surface area contributed by atoms with Crippen molar-refractivity contribution >= 4 is 6.03 Å². The molecule has 0 bridgehead atoms. The Hall–Kier alpha value is -1.79. The Morgan fingerprint density at radius 2 is 1.82 bits per heavy atom. The lowest BCUT2D eigenvalue weighted by atomic mass is 9.83. The second kappa shape index (κ2) is 8.29. The monoisotopic (exact) mass is 387 g/mol. The molecule has 0 spiro atoms. The summed E-state index contributed by atoms with van der Waals surface area (Å²) >= 11 is 0. The molecule has 28 heavy (non-hydrogen) atoms. The highest BCUT2D eigenvalue weighted by Crippen LogP contribution is 2.40. The summed E-state index contributed by atoms with van der Waals surface area (Å²) in [6.07, 6.45) is 6.01. The van der Waals surface area contributed by atoms with Crippen molar-refractivity contribution in [2.45, 2.75) is 57.7 Å². The molecule has 0 aromatic heterocycles. The number of aryl methyl sites for hydroxylation is 1. The Bertz CT molecular complexity index is 709. The maximum atomic E-state index is 12.8. The number of amides is 2. The minimum Gasteiger partial charge on any atom is -0.507 e. The first-order chi connectivity index (χ1) is 13.6. The molecule has 4 rings (SSSR count). The third-order valence-electron chi connectivity index (χ3n) is 6.79. The lowest BCUT2D eigenvalue weighted by Gasteiger charge is -2.41.